The van der Waals surface area contributed by atoms with Gasteiger partial charge in [0.15, 0.2) is 0 Å². The van der Waals surface area contributed by atoms with Crippen molar-refractivity contribution in [2.45, 2.75) is 25.3 Å². The van der Waals surface area contributed by atoms with Crippen molar-refractivity contribution in [2.24, 2.45) is 0 Å². The number of fused-ring (bicyclic) bond motifs is 1. The Morgan fingerprint density at radius 1 is 1.42 bits per heavy atom. The number of hydrogen-bond donors (Lipinski definition) is 2. The van der Waals surface area contributed by atoms with E-state index >= 15 is 0 Å². The summed E-state index contributed by atoms with van der Waals surface area (Å²) in [5, 5.41) is 10.4. The molecule has 1 aromatic carbocycles. The Bertz CT molecular complexity index is 591. The number of aromatic amines is 1. The average Bonchev–Trinajstić information content (AvgIpc) is 3.05. The molecule has 0 spiro atoms. The van der Waals surface area contributed by atoms with Crippen molar-refractivity contribution in [3.63, 3.8) is 0 Å². The number of nitrogens with zero attached hydrogens (tertiary/aromatic N) is 1. The molecule has 0 unspecified atom stereocenters. The fraction of sp³-hybridized carbons (Fsp3) is 0.400. The van der Waals surface area contributed by atoms with Crippen LogP contribution in [0.4, 0.5) is 0 Å². The third-order valence-corrected chi connectivity index (χ3v) is 3.92. The molecule has 1 fully saturated rings. The number of aromatic nitrogens is 1. The number of aliphatic hydroxyl groups excluding tert-OH is 1. The Labute approximate surface area is 112 Å². The van der Waals surface area contributed by atoms with E-state index in [0.29, 0.717) is 6.42 Å². The topological polar surface area (TPSA) is 56.3 Å². The summed E-state index contributed by atoms with van der Waals surface area (Å²) in [6.07, 6.45) is 4.22. The van der Waals surface area contributed by atoms with Gasteiger partial charge in [-0.3, -0.25) is 4.79 Å². The molecule has 0 bridgehead atoms. The monoisotopic (exact) mass is 258 g/mol. The van der Waals surface area contributed by atoms with Crippen molar-refractivity contribution in [1.82, 2.24) is 9.88 Å². The van der Waals surface area contributed by atoms with Crippen molar-refractivity contribution in [3.05, 3.63) is 36.0 Å². The second kappa shape index (κ2) is 5.05. The van der Waals surface area contributed by atoms with Crippen LogP contribution in [-0.2, 0) is 11.2 Å². The number of rotatable bonds is 3. The number of nitrogens with one attached hydrogen (secondary N) is 1. The molecule has 4 nitrogen and oxygen atoms in total. The van der Waals surface area contributed by atoms with Crippen molar-refractivity contribution < 1.29 is 9.90 Å². The standard InChI is InChI=1S/C15H18N2O2/c18-10-12-4-3-7-17(12)15(19)8-11-9-16-14-6-2-1-5-13(11)14/h1-2,5-6,9,12,16,18H,3-4,7-8,10H2/t12-/m0/s1. The SMILES string of the molecule is O=C(Cc1c[nH]c2ccccc12)N1CCC[C@H]1CO. The zero-order valence-electron chi connectivity index (χ0n) is 10.8. The van der Waals surface area contributed by atoms with E-state index in [4.69, 9.17) is 0 Å². The Balaban J connectivity index is 1.79. The zero-order valence-corrected chi connectivity index (χ0v) is 10.8. The lowest BCUT2D eigenvalue weighted by Gasteiger charge is -2.22. The fourth-order valence-electron chi connectivity index (χ4n) is 2.90. The molecule has 0 aliphatic carbocycles. The van der Waals surface area contributed by atoms with Crippen LogP contribution in [-0.4, -0.2) is 40.1 Å². The molecule has 2 aromatic rings. The van der Waals surface area contributed by atoms with Crippen LogP contribution in [0.5, 0.6) is 0 Å². The van der Waals surface area contributed by atoms with Crippen LogP contribution >= 0.6 is 0 Å². The van der Waals surface area contributed by atoms with Gasteiger partial charge in [0.1, 0.15) is 0 Å². The third kappa shape index (κ3) is 2.24. The van der Waals surface area contributed by atoms with Gasteiger partial charge in [0.2, 0.25) is 5.91 Å². The largest absolute Gasteiger partial charge is 0.394 e. The van der Waals surface area contributed by atoms with Crippen LogP contribution in [0.1, 0.15) is 18.4 Å². The normalized spacial score (nSPS) is 19.2. The highest BCUT2D eigenvalue weighted by Crippen LogP contribution is 2.22. The van der Waals surface area contributed by atoms with E-state index in [2.05, 4.69) is 4.98 Å². The molecule has 0 saturated carbocycles. The van der Waals surface area contributed by atoms with E-state index in [9.17, 15) is 9.90 Å². The van der Waals surface area contributed by atoms with Crippen LogP contribution in [0.3, 0.4) is 0 Å². The van der Waals surface area contributed by atoms with Gasteiger partial charge in [-0.25, -0.2) is 0 Å². The Morgan fingerprint density at radius 3 is 3.11 bits per heavy atom. The van der Waals surface area contributed by atoms with Crippen molar-refractivity contribution >= 4 is 16.8 Å². The lowest BCUT2D eigenvalue weighted by molar-refractivity contribution is -0.131. The van der Waals surface area contributed by atoms with Crippen molar-refractivity contribution in [3.8, 4) is 0 Å². The molecule has 4 heteroatoms. The molecular weight excluding hydrogens is 240 g/mol. The van der Waals surface area contributed by atoms with E-state index < -0.39 is 0 Å². The smallest absolute Gasteiger partial charge is 0.227 e. The van der Waals surface area contributed by atoms with Gasteiger partial charge in [0.25, 0.3) is 0 Å². The molecule has 0 radical (unpaired) electrons. The van der Waals surface area contributed by atoms with Crippen LogP contribution in [0.2, 0.25) is 0 Å². The first-order valence-electron chi connectivity index (χ1n) is 6.75. The molecule has 1 aromatic heterocycles. The first-order valence-corrected chi connectivity index (χ1v) is 6.75. The van der Waals surface area contributed by atoms with Gasteiger partial charge in [-0.15, -0.1) is 0 Å². The molecule has 1 amide bonds. The van der Waals surface area contributed by atoms with Crippen molar-refractivity contribution in [2.75, 3.05) is 13.2 Å². The van der Waals surface area contributed by atoms with E-state index in [1.807, 2.05) is 35.4 Å². The number of carbonyl (C=O) groups is 1. The number of benzene rings is 1. The number of aliphatic hydroxyl groups is 1. The second-order valence-corrected chi connectivity index (χ2v) is 5.10. The van der Waals surface area contributed by atoms with E-state index in [-0.39, 0.29) is 18.6 Å². The Kier molecular flexibility index (Phi) is 3.25. The van der Waals surface area contributed by atoms with Crippen LogP contribution in [0.25, 0.3) is 10.9 Å². The third-order valence-electron chi connectivity index (χ3n) is 3.92. The molecule has 19 heavy (non-hydrogen) atoms. The van der Waals surface area contributed by atoms with Gasteiger partial charge >= 0.3 is 0 Å². The maximum absolute atomic E-state index is 12.3. The molecule has 2 heterocycles. The highest BCUT2D eigenvalue weighted by atomic mass is 16.3. The summed E-state index contributed by atoms with van der Waals surface area (Å²) >= 11 is 0. The summed E-state index contributed by atoms with van der Waals surface area (Å²) in [7, 11) is 0. The molecule has 1 aliphatic rings. The number of amides is 1. The Morgan fingerprint density at radius 2 is 2.26 bits per heavy atom. The minimum absolute atomic E-state index is 0.0118. The second-order valence-electron chi connectivity index (χ2n) is 5.10. The molecule has 100 valence electrons. The summed E-state index contributed by atoms with van der Waals surface area (Å²) in [4.78, 5) is 17.3. The summed E-state index contributed by atoms with van der Waals surface area (Å²) in [6, 6.07) is 8.01. The van der Waals surface area contributed by atoms with Gasteiger partial charge in [0.05, 0.1) is 19.1 Å². The number of hydrogen-bond acceptors (Lipinski definition) is 2. The van der Waals surface area contributed by atoms with Crippen LogP contribution in [0.15, 0.2) is 30.5 Å². The highest BCUT2D eigenvalue weighted by Gasteiger charge is 2.28. The molecule has 1 atom stereocenters. The van der Waals surface area contributed by atoms with E-state index in [1.54, 1.807) is 0 Å². The summed E-state index contributed by atoms with van der Waals surface area (Å²) in [5.41, 5.74) is 2.09. The lowest BCUT2D eigenvalue weighted by atomic mass is 10.1. The van der Waals surface area contributed by atoms with Gasteiger partial charge in [0, 0.05) is 23.6 Å². The van der Waals surface area contributed by atoms with Crippen LogP contribution in [0, 0.1) is 0 Å². The van der Waals surface area contributed by atoms with Gasteiger partial charge in [-0.1, -0.05) is 18.2 Å². The predicted octanol–water partition coefficient (Wildman–Crippen LogP) is 1.69. The molecular formula is C15H18N2O2. The average molecular weight is 258 g/mol. The van der Waals surface area contributed by atoms with Crippen molar-refractivity contribution in [1.29, 1.82) is 0 Å². The molecule has 3 rings (SSSR count). The predicted molar refractivity (Wildman–Crippen MR) is 73.8 cm³/mol. The summed E-state index contributed by atoms with van der Waals surface area (Å²) < 4.78 is 0. The maximum Gasteiger partial charge on any atom is 0.227 e. The fourth-order valence-corrected chi connectivity index (χ4v) is 2.90. The van der Waals surface area contributed by atoms with Gasteiger partial charge in [-0.05, 0) is 24.5 Å². The molecule has 2 N–H and O–H groups in total. The summed E-state index contributed by atoms with van der Waals surface area (Å²) in [5.74, 6) is 0.112. The number of para-hydroxylation sites is 1. The minimum Gasteiger partial charge on any atom is -0.394 e. The lowest BCUT2D eigenvalue weighted by Crippen LogP contribution is -2.38. The molecule has 1 aliphatic heterocycles. The van der Waals surface area contributed by atoms with E-state index in [1.165, 1.54) is 0 Å². The number of likely N-dealkylation sites (tertiary alicyclic amines) is 1. The van der Waals surface area contributed by atoms with Gasteiger partial charge in [-0.2, -0.15) is 0 Å². The Hall–Kier alpha value is -1.81. The quantitative estimate of drug-likeness (QED) is 0.880. The minimum atomic E-state index is 0.0118. The maximum atomic E-state index is 12.3. The molecule has 1 saturated heterocycles. The van der Waals surface area contributed by atoms with Crippen LogP contribution < -0.4 is 0 Å². The zero-order chi connectivity index (χ0) is 13.2. The number of H-pyrrole nitrogens is 1. The first-order chi connectivity index (χ1) is 9.29. The van der Waals surface area contributed by atoms with E-state index in [0.717, 1.165) is 35.9 Å². The first kappa shape index (κ1) is 12.2. The highest BCUT2D eigenvalue weighted by molar-refractivity contribution is 5.89. The van der Waals surface area contributed by atoms with Gasteiger partial charge < -0.3 is 15.0 Å². The summed E-state index contributed by atoms with van der Waals surface area (Å²) in [6.45, 7) is 0.839. The number of carbonyl (C=O) groups excluding carboxylic acids is 1.